The fraction of sp³-hybridized carbons (Fsp3) is 0.231. The summed E-state index contributed by atoms with van der Waals surface area (Å²) in [6, 6.07) is 6.29. The molecule has 0 aliphatic rings. The molecule has 19 heavy (non-hydrogen) atoms. The lowest BCUT2D eigenvalue weighted by Gasteiger charge is -2.16. The molecule has 0 bridgehead atoms. The first-order valence-corrected chi connectivity index (χ1v) is 5.68. The van der Waals surface area contributed by atoms with Crippen molar-refractivity contribution >= 4 is 0 Å². The molecule has 0 saturated heterocycles. The second-order valence-electron chi connectivity index (χ2n) is 3.80. The van der Waals surface area contributed by atoms with Gasteiger partial charge in [-0.05, 0) is 24.7 Å². The molecular formula is C13H13F2N3O. The number of rotatable bonds is 5. The second-order valence-corrected chi connectivity index (χ2v) is 3.80. The SMILES string of the molecule is CNC(c1cccc(OC(F)F)c1)c1cnccn1. The first-order valence-electron chi connectivity index (χ1n) is 5.68. The summed E-state index contributed by atoms with van der Waals surface area (Å²) in [5.41, 5.74) is 1.49. The molecule has 0 saturated carbocycles. The number of benzene rings is 1. The lowest BCUT2D eigenvalue weighted by atomic mass is 10.0. The highest BCUT2D eigenvalue weighted by atomic mass is 19.3. The fourth-order valence-corrected chi connectivity index (χ4v) is 1.82. The van der Waals surface area contributed by atoms with Crippen molar-refractivity contribution in [2.24, 2.45) is 0 Å². The number of alkyl halides is 2. The number of hydrogen-bond acceptors (Lipinski definition) is 4. The van der Waals surface area contributed by atoms with Gasteiger partial charge < -0.3 is 10.1 Å². The van der Waals surface area contributed by atoms with E-state index in [-0.39, 0.29) is 11.8 Å². The van der Waals surface area contributed by atoms with Crippen LogP contribution in [0, 0.1) is 0 Å². The lowest BCUT2D eigenvalue weighted by molar-refractivity contribution is -0.0498. The standard InChI is InChI=1S/C13H13F2N3O/c1-16-12(11-8-17-5-6-18-11)9-3-2-4-10(7-9)19-13(14)15/h2-8,12-13,16H,1H3. The molecule has 100 valence electrons. The van der Waals surface area contributed by atoms with Gasteiger partial charge in [0.25, 0.3) is 0 Å². The van der Waals surface area contributed by atoms with Gasteiger partial charge in [0.1, 0.15) is 5.75 Å². The molecule has 6 heteroatoms. The van der Waals surface area contributed by atoms with Crippen molar-refractivity contribution in [3.63, 3.8) is 0 Å². The normalized spacial score (nSPS) is 12.4. The van der Waals surface area contributed by atoms with Crippen LogP contribution in [0.3, 0.4) is 0 Å². The van der Waals surface area contributed by atoms with Crippen LogP contribution in [0.15, 0.2) is 42.9 Å². The largest absolute Gasteiger partial charge is 0.435 e. The van der Waals surface area contributed by atoms with E-state index in [4.69, 9.17) is 0 Å². The molecule has 1 aromatic carbocycles. The first kappa shape index (κ1) is 13.4. The van der Waals surface area contributed by atoms with Crippen LogP contribution in [0.25, 0.3) is 0 Å². The minimum absolute atomic E-state index is 0.122. The maximum absolute atomic E-state index is 12.2. The Morgan fingerprint density at radius 2 is 2.11 bits per heavy atom. The summed E-state index contributed by atoms with van der Waals surface area (Å²) in [6.45, 7) is -2.83. The van der Waals surface area contributed by atoms with Crippen LogP contribution in [-0.2, 0) is 0 Å². The molecule has 1 aromatic heterocycles. The van der Waals surface area contributed by atoms with Crippen molar-refractivity contribution in [1.82, 2.24) is 15.3 Å². The van der Waals surface area contributed by atoms with E-state index < -0.39 is 6.61 Å². The number of halogens is 2. The third-order valence-electron chi connectivity index (χ3n) is 2.58. The molecule has 1 N–H and O–H groups in total. The quantitative estimate of drug-likeness (QED) is 0.901. The summed E-state index contributed by atoms with van der Waals surface area (Å²) in [4.78, 5) is 8.20. The van der Waals surface area contributed by atoms with E-state index in [9.17, 15) is 8.78 Å². The molecule has 2 aromatic rings. The molecule has 1 atom stereocenters. The van der Waals surface area contributed by atoms with E-state index in [1.807, 2.05) is 6.07 Å². The summed E-state index contributed by atoms with van der Waals surface area (Å²) in [7, 11) is 1.76. The Morgan fingerprint density at radius 1 is 1.26 bits per heavy atom. The van der Waals surface area contributed by atoms with E-state index in [0.29, 0.717) is 5.69 Å². The van der Waals surface area contributed by atoms with Crippen molar-refractivity contribution in [2.75, 3.05) is 7.05 Å². The predicted octanol–water partition coefficient (Wildman–Crippen LogP) is 2.39. The van der Waals surface area contributed by atoms with Gasteiger partial charge in [0.2, 0.25) is 0 Å². The Hall–Kier alpha value is -2.08. The van der Waals surface area contributed by atoms with E-state index in [1.54, 1.807) is 37.8 Å². The van der Waals surface area contributed by atoms with Crippen molar-refractivity contribution in [3.8, 4) is 5.75 Å². The van der Waals surface area contributed by atoms with Crippen molar-refractivity contribution in [1.29, 1.82) is 0 Å². The van der Waals surface area contributed by atoms with Gasteiger partial charge in [-0.15, -0.1) is 0 Å². The summed E-state index contributed by atoms with van der Waals surface area (Å²) in [5.74, 6) is 0.122. The lowest BCUT2D eigenvalue weighted by Crippen LogP contribution is -2.19. The Morgan fingerprint density at radius 3 is 2.74 bits per heavy atom. The fourth-order valence-electron chi connectivity index (χ4n) is 1.82. The molecule has 0 fully saturated rings. The smallest absolute Gasteiger partial charge is 0.387 e. The van der Waals surface area contributed by atoms with Gasteiger partial charge in [-0.1, -0.05) is 12.1 Å². The van der Waals surface area contributed by atoms with Gasteiger partial charge in [-0.3, -0.25) is 9.97 Å². The van der Waals surface area contributed by atoms with Crippen molar-refractivity contribution in [3.05, 3.63) is 54.1 Å². The second kappa shape index (κ2) is 6.19. The van der Waals surface area contributed by atoms with Crippen molar-refractivity contribution < 1.29 is 13.5 Å². The van der Waals surface area contributed by atoms with E-state index >= 15 is 0 Å². The van der Waals surface area contributed by atoms with E-state index in [2.05, 4.69) is 20.0 Å². The van der Waals surface area contributed by atoms with Crippen LogP contribution in [0.5, 0.6) is 5.75 Å². The summed E-state index contributed by atoms with van der Waals surface area (Å²) in [6.07, 6.45) is 4.79. The number of nitrogens with zero attached hydrogens (tertiary/aromatic N) is 2. The summed E-state index contributed by atoms with van der Waals surface area (Å²) < 4.78 is 28.8. The molecule has 1 unspecified atom stereocenters. The highest BCUT2D eigenvalue weighted by Crippen LogP contribution is 2.24. The number of aromatic nitrogens is 2. The zero-order valence-corrected chi connectivity index (χ0v) is 10.3. The minimum atomic E-state index is -2.83. The molecule has 0 spiro atoms. The van der Waals surface area contributed by atoms with Crippen LogP contribution >= 0.6 is 0 Å². The third-order valence-corrected chi connectivity index (χ3v) is 2.58. The average molecular weight is 265 g/mol. The minimum Gasteiger partial charge on any atom is -0.435 e. The third kappa shape index (κ3) is 3.45. The number of nitrogens with one attached hydrogen (secondary N) is 1. The van der Waals surface area contributed by atoms with Crippen LogP contribution in [0.1, 0.15) is 17.3 Å². The van der Waals surface area contributed by atoms with Gasteiger partial charge in [0.15, 0.2) is 0 Å². The first-order chi connectivity index (χ1) is 9.20. The highest BCUT2D eigenvalue weighted by Gasteiger charge is 2.14. The van der Waals surface area contributed by atoms with Gasteiger partial charge in [-0.2, -0.15) is 8.78 Å². The predicted molar refractivity (Wildman–Crippen MR) is 66.0 cm³/mol. The number of hydrogen-bond donors (Lipinski definition) is 1. The molecule has 4 nitrogen and oxygen atoms in total. The molecule has 0 aliphatic carbocycles. The Balaban J connectivity index is 2.28. The van der Waals surface area contributed by atoms with Crippen LogP contribution < -0.4 is 10.1 Å². The molecule has 0 radical (unpaired) electrons. The van der Waals surface area contributed by atoms with Gasteiger partial charge in [0.05, 0.1) is 17.9 Å². The Labute approximate surface area is 109 Å². The summed E-state index contributed by atoms with van der Waals surface area (Å²) in [5, 5.41) is 3.07. The molecule has 0 aliphatic heterocycles. The molecule has 0 amide bonds. The van der Waals surface area contributed by atoms with Crippen LogP contribution in [0.4, 0.5) is 8.78 Å². The molecular weight excluding hydrogens is 252 g/mol. The van der Waals surface area contributed by atoms with Gasteiger partial charge in [-0.25, -0.2) is 0 Å². The van der Waals surface area contributed by atoms with E-state index in [0.717, 1.165) is 5.56 Å². The zero-order valence-electron chi connectivity index (χ0n) is 10.3. The van der Waals surface area contributed by atoms with Gasteiger partial charge in [0, 0.05) is 12.4 Å². The van der Waals surface area contributed by atoms with Crippen molar-refractivity contribution in [2.45, 2.75) is 12.7 Å². The monoisotopic (exact) mass is 265 g/mol. The maximum Gasteiger partial charge on any atom is 0.387 e. The molecule has 2 rings (SSSR count). The highest BCUT2D eigenvalue weighted by molar-refractivity contribution is 5.34. The van der Waals surface area contributed by atoms with Crippen LogP contribution in [-0.4, -0.2) is 23.6 Å². The Bertz CT molecular complexity index is 522. The maximum atomic E-state index is 12.2. The topological polar surface area (TPSA) is 47.0 Å². The molecule has 1 heterocycles. The van der Waals surface area contributed by atoms with E-state index in [1.165, 1.54) is 6.07 Å². The summed E-state index contributed by atoms with van der Waals surface area (Å²) >= 11 is 0. The number of ether oxygens (including phenoxy) is 1. The Kier molecular flexibility index (Phi) is 4.35. The average Bonchev–Trinajstić information content (AvgIpc) is 2.40. The van der Waals surface area contributed by atoms with Gasteiger partial charge >= 0.3 is 6.61 Å². The zero-order chi connectivity index (χ0) is 13.7. The van der Waals surface area contributed by atoms with Crippen LogP contribution in [0.2, 0.25) is 0 Å².